The molecule has 1 atom stereocenters. The number of hydrogen-bond acceptors (Lipinski definition) is 3. The number of carbonyl (C=O) groups excluding carboxylic acids is 2. The number of rotatable bonds is 3. The number of benzene rings is 1. The molecule has 1 saturated heterocycles. The van der Waals surface area contributed by atoms with Gasteiger partial charge in [0.25, 0.3) is 5.91 Å². The SMILES string of the molecule is CC(C)[C@H](N)C(=O)N1CCN(C(=O)c2ccc(Cl)cc2)CC1. The summed E-state index contributed by atoms with van der Waals surface area (Å²) in [6, 6.07) is 6.37. The van der Waals surface area contributed by atoms with Gasteiger partial charge in [-0.3, -0.25) is 9.59 Å². The van der Waals surface area contributed by atoms with Gasteiger partial charge >= 0.3 is 0 Å². The van der Waals surface area contributed by atoms with E-state index in [4.69, 9.17) is 17.3 Å². The summed E-state index contributed by atoms with van der Waals surface area (Å²) in [4.78, 5) is 28.1. The van der Waals surface area contributed by atoms with Gasteiger partial charge in [-0.15, -0.1) is 0 Å². The largest absolute Gasteiger partial charge is 0.338 e. The van der Waals surface area contributed by atoms with Crippen LogP contribution in [-0.2, 0) is 4.79 Å². The monoisotopic (exact) mass is 323 g/mol. The van der Waals surface area contributed by atoms with Crippen LogP contribution in [0, 0.1) is 5.92 Å². The maximum absolute atomic E-state index is 12.4. The third kappa shape index (κ3) is 3.78. The van der Waals surface area contributed by atoms with Gasteiger partial charge in [0.1, 0.15) is 0 Å². The maximum Gasteiger partial charge on any atom is 0.253 e. The first-order chi connectivity index (χ1) is 10.4. The van der Waals surface area contributed by atoms with Crippen molar-refractivity contribution in [1.29, 1.82) is 0 Å². The van der Waals surface area contributed by atoms with E-state index in [9.17, 15) is 9.59 Å². The normalized spacial score (nSPS) is 16.8. The van der Waals surface area contributed by atoms with Gasteiger partial charge < -0.3 is 15.5 Å². The van der Waals surface area contributed by atoms with Crippen LogP contribution in [0.4, 0.5) is 0 Å². The highest BCUT2D eigenvalue weighted by Crippen LogP contribution is 2.14. The third-order valence-corrected chi connectivity index (χ3v) is 4.23. The molecule has 2 rings (SSSR count). The second-order valence-electron chi connectivity index (χ2n) is 5.89. The standard InChI is InChI=1S/C16H22ClN3O2/c1-11(2)14(18)16(22)20-9-7-19(8-10-20)15(21)12-3-5-13(17)6-4-12/h3-6,11,14H,7-10,18H2,1-2H3/t14-/m0/s1. The minimum absolute atomic E-state index is 0.0306. The second kappa shape index (κ2) is 7.11. The molecular weight excluding hydrogens is 302 g/mol. The van der Waals surface area contributed by atoms with E-state index in [1.165, 1.54) is 0 Å². The van der Waals surface area contributed by atoms with Crippen molar-refractivity contribution in [3.8, 4) is 0 Å². The molecule has 1 aromatic rings. The van der Waals surface area contributed by atoms with Gasteiger partial charge in [0.2, 0.25) is 5.91 Å². The summed E-state index contributed by atoms with van der Waals surface area (Å²) >= 11 is 5.83. The zero-order chi connectivity index (χ0) is 16.3. The molecule has 1 heterocycles. The zero-order valence-electron chi connectivity index (χ0n) is 13.0. The smallest absolute Gasteiger partial charge is 0.253 e. The number of halogens is 1. The summed E-state index contributed by atoms with van der Waals surface area (Å²) in [6.45, 7) is 5.97. The molecule has 6 heteroatoms. The third-order valence-electron chi connectivity index (χ3n) is 3.97. The highest BCUT2D eigenvalue weighted by atomic mass is 35.5. The van der Waals surface area contributed by atoms with Crippen molar-refractivity contribution in [2.75, 3.05) is 26.2 Å². The Morgan fingerprint density at radius 1 is 1.05 bits per heavy atom. The van der Waals surface area contributed by atoms with Crippen molar-refractivity contribution in [3.05, 3.63) is 34.9 Å². The van der Waals surface area contributed by atoms with Crippen LogP contribution in [0.25, 0.3) is 0 Å². The lowest BCUT2D eigenvalue weighted by Crippen LogP contribution is -2.55. The highest BCUT2D eigenvalue weighted by molar-refractivity contribution is 6.30. The molecule has 0 saturated carbocycles. The minimum atomic E-state index is -0.474. The van der Waals surface area contributed by atoms with Crippen LogP contribution in [0.2, 0.25) is 5.02 Å². The first-order valence-corrected chi connectivity index (χ1v) is 7.87. The zero-order valence-corrected chi connectivity index (χ0v) is 13.7. The predicted molar refractivity (Wildman–Crippen MR) is 86.7 cm³/mol. The molecular formula is C16H22ClN3O2. The van der Waals surface area contributed by atoms with Gasteiger partial charge in [0.15, 0.2) is 0 Å². The summed E-state index contributed by atoms with van der Waals surface area (Å²) in [6.07, 6.45) is 0. The van der Waals surface area contributed by atoms with Crippen LogP contribution in [0.1, 0.15) is 24.2 Å². The van der Waals surface area contributed by atoms with Crippen LogP contribution in [-0.4, -0.2) is 53.8 Å². The first kappa shape index (κ1) is 16.8. The molecule has 5 nitrogen and oxygen atoms in total. The van der Waals surface area contributed by atoms with E-state index in [0.29, 0.717) is 36.8 Å². The van der Waals surface area contributed by atoms with Crippen molar-refractivity contribution in [1.82, 2.24) is 9.80 Å². The van der Waals surface area contributed by atoms with Gasteiger partial charge in [-0.25, -0.2) is 0 Å². The van der Waals surface area contributed by atoms with Crippen LogP contribution in [0.15, 0.2) is 24.3 Å². The molecule has 120 valence electrons. The Bertz CT molecular complexity index is 537. The number of amides is 2. The Labute approximate surface area is 136 Å². The lowest BCUT2D eigenvalue weighted by Gasteiger charge is -2.36. The fourth-order valence-corrected chi connectivity index (χ4v) is 2.53. The number of nitrogens with two attached hydrogens (primary N) is 1. The van der Waals surface area contributed by atoms with Crippen LogP contribution >= 0.6 is 11.6 Å². The summed E-state index contributed by atoms with van der Waals surface area (Å²) < 4.78 is 0. The lowest BCUT2D eigenvalue weighted by atomic mass is 10.0. The Kier molecular flexibility index (Phi) is 5.42. The number of carbonyl (C=O) groups is 2. The predicted octanol–water partition coefficient (Wildman–Crippen LogP) is 1.61. The van der Waals surface area contributed by atoms with Gasteiger partial charge in [-0.1, -0.05) is 25.4 Å². The van der Waals surface area contributed by atoms with Crippen LogP contribution in [0.5, 0.6) is 0 Å². The topological polar surface area (TPSA) is 66.6 Å². The Balaban J connectivity index is 1.93. The van der Waals surface area contributed by atoms with E-state index < -0.39 is 6.04 Å². The molecule has 22 heavy (non-hydrogen) atoms. The number of piperazine rings is 1. The van der Waals surface area contributed by atoms with Crippen LogP contribution in [0.3, 0.4) is 0 Å². The first-order valence-electron chi connectivity index (χ1n) is 7.49. The average molecular weight is 324 g/mol. The minimum Gasteiger partial charge on any atom is -0.338 e. The molecule has 0 bridgehead atoms. The summed E-state index contributed by atoms with van der Waals surface area (Å²) in [5.41, 5.74) is 6.52. The average Bonchev–Trinajstić information content (AvgIpc) is 2.53. The molecule has 0 aromatic heterocycles. The van der Waals surface area contributed by atoms with Gasteiger partial charge in [-0.05, 0) is 30.2 Å². The van der Waals surface area contributed by atoms with Gasteiger partial charge in [0.05, 0.1) is 6.04 Å². The second-order valence-corrected chi connectivity index (χ2v) is 6.33. The van der Waals surface area contributed by atoms with Crippen LogP contribution < -0.4 is 5.73 Å². The van der Waals surface area contributed by atoms with E-state index in [1.54, 1.807) is 34.1 Å². The van der Waals surface area contributed by atoms with Gasteiger partial charge in [-0.2, -0.15) is 0 Å². The fourth-order valence-electron chi connectivity index (χ4n) is 2.40. The molecule has 0 spiro atoms. The molecule has 1 aliphatic heterocycles. The Morgan fingerprint density at radius 3 is 2.05 bits per heavy atom. The summed E-state index contributed by atoms with van der Waals surface area (Å²) in [7, 11) is 0. The molecule has 0 unspecified atom stereocenters. The van der Waals surface area contributed by atoms with Crippen molar-refractivity contribution >= 4 is 23.4 Å². The van der Waals surface area contributed by atoms with Crippen molar-refractivity contribution in [2.45, 2.75) is 19.9 Å². The molecule has 1 aromatic carbocycles. The Morgan fingerprint density at radius 2 is 1.55 bits per heavy atom. The summed E-state index contributed by atoms with van der Waals surface area (Å²) in [5, 5.41) is 0.606. The molecule has 1 aliphatic rings. The van der Waals surface area contributed by atoms with E-state index in [0.717, 1.165) is 0 Å². The molecule has 0 aliphatic carbocycles. The highest BCUT2D eigenvalue weighted by Gasteiger charge is 2.28. The molecule has 1 fully saturated rings. The van der Waals surface area contributed by atoms with Crippen molar-refractivity contribution in [2.24, 2.45) is 11.7 Å². The number of nitrogens with zero attached hydrogens (tertiary/aromatic N) is 2. The van der Waals surface area contributed by atoms with Crippen molar-refractivity contribution in [3.63, 3.8) is 0 Å². The molecule has 2 N–H and O–H groups in total. The van der Waals surface area contributed by atoms with E-state index in [2.05, 4.69) is 0 Å². The van der Waals surface area contributed by atoms with E-state index in [-0.39, 0.29) is 17.7 Å². The maximum atomic E-state index is 12.4. The molecule has 0 radical (unpaired) electrons. The summed E-state index contributed by atoms with van der Waals surface area (Å²) in [5.74, 6) is 0.0479. The molecule has 2 amide bonds. The quantitative estimate of drug-likeness (QED) is 0.919. The Hall–Kier alpha value is -1.59. The van der Waals surface area contributed by atoms with Gasteiger partial charge in [0, 0.05) is 36.8 Å². The van der Waals surface area contributed by atoms with E-state index >= 15 is 0 Å². The fraction of sp³-hybridized carbons (Fsp3) is 0.500. The van der Waals surface area contributed by atoms with E-state index in [1.807, 2.05) is 13.8 Å². The van der Waals surface area contributed by atoms with Crippen molar-refractivity contribution < 1.29 is 9.59 Å². The number of hydrogen-bond donors (Lipinski definition) is 1. The lowest BCUT2D eigenvalue weighted by molar-refractivity contribution is -0.135.